The van der Waals surface area contributed by atoms with Crippen LogP contribution < -0.4 is 4.74 Å². The Bertz CT molecular complexity index is 573. The molecule has 2 rings (SSSR count). The van der Waals surface area contributed by atoms with Crippen molar-refractivity contribution in [1.82, 2.24) is 0 Å². The second kappa shape index (κ2) is 6.90. The van der Waals surface area contributed by atoms with E-state index in [9.17, 15) is 4.79 Å². The predicted molar refractivity (Wildman–Crippen MR) is 82.3 cm³/mol. The molecule has 0 fully saturated rings. The summed E-state index contributed by atoms with van der Waals surface area (Å²) in [4.78, 5) is 11.8. The zero-order valence-electron chi connectivity index (χ0n) is 12.1. The first-order chi connectivity index (χ1) is 9.74. The van der Waals surface area contributed by atoms with E-state index in [4.69, 9.17) is 4.74 Å². The van der Waals surface area contributed by atoms with Gasteiger partial charge in [0.15, 0.2) is 5.78 Å². The first-order valence-corrected chi connectivity index (χ1v) is 7.06. The van der Waals surface area contributed by atoms with Crippen LogP contribution in [0.4, 0.5) is 0 Å². The van der Waals surface area contributed by atoms with Gasteiger partial charge >= 0.3 is 0 Å². The third-order valence-electron chi connectivity index (χ3n) is 3.22. The predicted octanol–water partition coefficient (Wildman–Crippen LogP) is 4.74. The number of ether oxygens (including phenoxy) is 1. The minimum Gasteiger partial charge on any atom is -0.492 e. The summed E-state index contributed by atoms with van der Waals surface area (Å²) in [5.41, 5.74) is 2.71. The Balaban J connectivity index is 2.45. The Kier molecular flexibility index (Phi) is 4.94. The van der Waals surface area contributed by atoms with Gasteiger partial charge in [0, 0.05) is 5.56 Å². The van der Waals surface area contributed by atoms with Crippen LogP contribution in [-0.4, -0.2) is 12.4 Å². The summed E-state index contributed by atoms with van der Waals surface area (Å²) < 4.78 is 5.90. The molecule has 0 spiro atoms. The van der Waals surface area contributed by atoms with Crippen LogP contribution in [0.2, 0.25) is 0 Å². The van der Waals surface area contributed by atoms with Crippen LogP contribution in [0.1, 0.15) is 37.0 Å². The molecule has 0 radical (unpaired) electrons. The first kappa shape index (κ1) is 14.3. The lowest BCUT2D eigenvalue weighted by Gasteiger charge is -2.14. The minimum atomic E-state index is 0.0364. The number of unbranched alkanes of at least 4 members (excludes halogenated alkanes) is 1. The maximum atomic E-state index is 11.8. The zero-order valence-corrected chi connectivity index (χ0v) is 12.1. The van der Waals surface area contributed by atoms with E-state index in [1.807, 2.05) is 48.5 Å². The van der Waals surface area contributed by atoms with Crippen LogP contribution >= 0.6 is 0 Å². The fourth-order valence-electron chi connectivity index (χ4n) is 2.13. The molecule has 0 aliphatic rings. The van der Waals surface area contributed by atoms with Crippen molar-refractivity contribution < 1.29 is 9.53 Å². The van der Waals surface area contributed by atoms with Gasteiger partial charge in [0.2, 0.25) is 0 Å². The molecule has 2 aromatic rings. The normalized spacial score (nSPS) is 10.3. The summed E-state index contributed by atoms with van der Waals surface area (Å²) in [6.07, 6.45) is 2.06. The van der Waals surface area contributed by atoms with Crippen molar-refractivity contribution in [1.29, 1.82) is 0 Å². The third kappa shape index (κ3) is 3.27. The van der Waals surface area contributed by atoms with Gasteiger partial charge in [-0.05, 0) is 25.0 Å². The second-order valence-corrected chi connectivity index (χ2v) is 4.81. The Morgan fingerprint density at radius 1 is 1.05 bits per heavy atom. The highest BCUT2D eigenvalue weighted by atomic mass is 16.5. The Morgan fingerprint density at radius 2 is 1.80 bits per heavy atom. The fraction of sp³-hybridized carbons (Fsp3) is 0.278. The number of hydrogen-bond donors (Lipinski definition) is 0. The number of para-hydroxylation sites is 1. The largest absolute Gasteiger partial charge is 0.492 e. The van der Waals surface area contributed by atoms with E-state index >= 15 is 0 Å². The lowest BCUT2D eigenvalue weighted by Crippen LogP contribution is -2.04. The number of carbonyl (C=O) groups excluding carboxylic acids is 1. The van der Waals surface area contributed by atoms with Crippen molar-refractivity contribution in [2.75, 3.05) is 6.61 Å². The highest BCUT2D eigenvalue weighted by Gasteiger charge is 2.14. The maximum Gasteiger partial charge on any atom is 0.163 e. The molecule has 0 saturated carbocycles. The van der Waals surface area contributed by atoms with Crippen molar-refractivity contribution in [2.45, 2.75) is 26.7 Å². The molecule has 0 aromatic heterocycles. The molecule has 0 unspecified atom stereocenters. The molecule has 0 bridgehead atoms. The lowest BCUT2D eigenvalue weighted by atomic mass is 10.00. The fourth-order valence-corrected chi connectivity index (χ4v) is 2.13. The van der Waals surface area contributed by atoms with Gasteiger partial charge in [0.05, 0.1) is 12.2 Å². The van der Waals surface area contributed by atoms with Gasteiger partial charge in [0.25, 0.3) is 0 Å². The SMILES string of the molecule is CCCCOc1c(C(C)=O)cccc1-c1ccccc1. The number of Topliss-reactive ketones (excluding diaryl/α,β-unsaturated/α-hetero) is 1. The van der Waals surface area contributed by atoms with Gasteiger partial charge in [-0.25, -0.2) is 0 Å². The molecule has 2 nitrogen and oxygen atoms in total. The summed E-state index contributed by atoms with van der Waals surface area (Å²) in [5.74, 6) is 0.744. The third-order valence-corrected chi connectivity index (χ3v) is 3.22. The van der Waals surface area contributed by atoms with E-state index in [0.717, 1.165) is 24.0 Å². The van der Waals surface area contributed by atoms with Gasteiger partial charge in [-0.15, -0.1) is 0 Å². The molecule has 0 saturated heterocycles. The average Bonchev–Trinajstić information content (AvgIpc) is 2.48. The summed E-state index contributed by atoms with van der Waals surface area (Å²) in [6.45, 7) is 4.34. The van der Waals surface area contributed by atoms with Crippen LogP contribution in [0.3, 0.4) is 0 Å². The van der Waals surface area contributed by atoms with Crippen LogP contribution in [0.5, 0.6) is 5.75 Å². The molecule has 2 aromatic carbocycles. The highest BCUT2D eigenvalue weighted by Crippen LogP contribution is 2.33. The zero-order chi connectivity index (χ0) is 14.4. The maximum absolute atomic E-state index is 11.8. The van der Waals surface area contributed by atoms with Gasteiger partial charge in [-0.1, -0.05) is 55.8 Å². The van der Waals surface area contributed by atoms with Gasteiger partial charge in [0.1, 0.15) is 5.75 Å². The minimum absolute atomic E-state index is 0.0364. The summed E-state index contributed by atoms with van der Waals surface area (Å²) in [5, 5.41) is 0. The quantitative estimate of drug-likeness (QED) is 0.559. The van der Waals surface area contributed by atoms with E-state index in [-0.39, 0.29) is 5.78 Å². The average molecular weight is 268 g/mol. The number of hydrogen-bond acceptors (Lipinski definition) is 2. The Labute approximate surface area is 120 Å². The summed E-state index contributed by atoms with van der Waals surface area (Å²) in [6, 6.07) is 15.8. The molecule has 0 atom stereocenters. The molecule has 20 heavy (non-hydrogen) atoms. The number of rotatable bonds is 6. The number of ketones is 1. The van der Waals surface area contributed by atoms with Gasteiger partial charge in [-0.3, -0.25) is 4.79 Å². The summed E-state index contributed by atoms with van der Waals surface area (Å²) in [7, 11) is 0. The van der Waals surface area contributed by atoms with Gasteiger partial charge in [-0.2, -0.15) is 0 Å². The Hall–Kier alpha value is -2.09. The number of benzene rings is 2. The highest BCUT2D eigenvalue weighted by molar-refractivity contribution is 5.99. The molecule has 104 valence electrons. The van der Waals surface area contributed by atoms with E-state index in [1.54, 1.807) is 6.92 Å². The first-order valence-electron chi connectivity index (χ1n) is 7.06. The molecular formula is C18H20O2. The smallest absolute Gasteiger partial charge is 0.163 e. The molecular weight excluding hydrogens is 248 g/mol. The lowest BCUT2D eigenvalue weighted by molar-refractivity contribution is 0.101. The molecule has 0 heterocycles. The van der Waals surface area contributed by atoms with Crippen molar-refractivity contribution in [3.05, 3.63) is 54.1 Å². The molecule has 0 aliphatic carbocycles. The van der Waals surface area contributed by atoms with Crippen molar-refractivity contribution >= 4 is 5.78 Å². The van der Waals surface area contributed by atoms with Crippen LogP contribution in [0.15, 0.2) is 48.5 Å². The monoisotopic (exact) mass is 268 g/mol. The van der Waals surface area contributed by atoms with E-state index in [1.165, 1.54) is 0 Å². The van der Waals surface area contributed by atoms with Crippen molar-refractivity contribution in [3.8, 4) is 16.9 Å². The van der Waals surface area contributed by atoms with Crippen LogP contribution in [0, 0.1) is 0 Å². The van der Waals surface area contributed by atoms with Crippen LogP contribution in [0.25, 0.3) is 11.1 Å². The second-order valence-electron chi connectivity index (χ2n) is 4.81. The molecule has 0 amide bonds. The standard InChI is InChI=1S/C18H20O2/c1-3-4-13-20-18-16(14(2)19)11-8-12-17(18)15-9-6-5-7-10-15/h5-12H,3-4,13H2,1-2H3. The van der Waals surface area contributed by atoms with E-state index < -0.39 is 0 Å². The van der Waals surface area contributed by atoms with E-state index in [2.05, 4.69) is 6.92 Å². The Morgan fingerprint density at radius 3 is 2.45 bits per heavy atom. The topological polar surface area (TPSA) is 26.3 Å². The molecule has 0 N–H and O–H groups in total. The number of carbonyl (C=O) groups is 1. The van der Waals surface area contributed by atoms with E-state index in [0.29, 0.717) is 17.9 Å². The van der Waals surface area contributed by atoms with Crippen molar-refractivity contribution in [3.63, 3.8) is 0 Å². The molecule has 0 aliphatic heterocycles. The summed E-state index contributed by atoms with van der Waals surface area (Å²) >= 11 is 0. The molecule has 2 heteroatoms. The van der Waals surface area contributed by atoms with Crippen molar-refractivity contribution in [2.24, 2.45) is 0 Å². The van der Waals surface area contributed by atoms with Gasteiger partial charge < -0.3 is 4.74 Å². The van der Waals surface area contributed by atoms with Crippen LogP contribution in [-0.2, 0) is 0 Å².